The summed E-state index contributed by atoms with van der Waals surface area (Å²) in [5.41, 5.74) is 3.22. The van der Waals surface area contributed by atoms with Crippen molar-refractivity contribution in [2.75, 3.05) is 12.4 Å². The largest absolute Gasteiger partial charge is 0.496 e. The number of oxime groups is 1. The fraction of sp³-hybridized carbons (Fsp3) is 0.227. The number of anilines is 1. The van der Waals surface area contributed by atoms with Crippen LogP contribution in [0.3, 0.4) is 0 Å². The number of nitrogens with one attached hydrogen (secondary N) is 1. The van der Waals surface area contributed by atoms with Crippen LogP contribution in [0.2, 0.25) is 10.0 Å². The minimum absolute atomic E-state index is 0.317. The Labute approximate surface area is 189 Å². The summed E-state index contributed by atoms with van der Waals surface area (Å²) < 4.78 is 7.12. The molecule has 1 aliphatic rings. The summed E-state index contributed by atoms with van der Waals surface area (Å²) in [4.78, 5) is 18.1. The van der Waals surface area contributed by atoms with Gasteiger partial charge < -0.3 is 14.9 Å². The van der Waals surface area contributed by atoms with Gasteiger partial charge in [0.05, 0.1) is 19.4 Å². The van der Waals surface area contributed by atoms with Crippen LogP contribution in [-0.2, 0) is 16.2 Å². The van der Waals surface area contributed by atoms with E-state index in [-0.39, 0.29) is 5.91 Å². The summed E-state index contributed by atoms with van der Waals surface area (Å²) in [6.45, 7) is 2.36. The first-order chi connectivity index (χ1) is 14.9. The van der Waals surface area contributed by atoms with E-state index in [1.54, 1.807) is 30.0 Å². The standard InChI is InChI=1S/C22H20Cl2N4O3/c1-13-9-21(26-28(13)12-14-7-8-15(23)10-17(14)24)25-22(29)20-11-18(27-31-20)16-5-3-4-6-19(16)30-2/h3-10,20H,11-12H2,1-2H3,(H,25,26,29). The monoisotopic (exact) mass is 458 g/mol. The molecule has 2 heterocycles. The fourth-order valence-electron chi connectivity index (χ4n) is 3.31. The van der Waals surface area contributed by atoms with Gasteiger partial charge in [0.2, 0.25) is 6.10 Å². The van der Waals surface area contributed by atoms with Crippen LogP contribution in [0, 0.1) is 6.92 Å². The average Bonchev–Trinajstić information content (AvgIpc) is 3.37. The normalized spacial score (nSPS) is 15.4. The smallest absolute Gasteiger partial charge is 0.269 e. The number of hydrogen-bond donors (Lipinski definition) is 1. The van der Waals surface area contributed by atoms with Crippen LogP contribution in [0.5, 0.6) is 5.75 Å². The molecule has 9 heteroatoms. The van der Waals surface area contributed by atoms with Gasteiger partial charge in [-0.2, -0.15) is 5.10 Å². The first-order valence-electron chi connectivity index (χ1n) is 9.60. The van der Waals surface area contributed by atoms with E-state index >= 15 is 0 Å². The highest BCUT2D eigenvalue weighted by molar-refractivity contribution is 6.35. The molecule has 3 aromatic rings. The first-order valence-corrected chi connectivity index (χ1v) is 10.4. The van der Waals surface area contributed by atoms with Crippen molar-refractivity contribution in [1.82, 2.24) is 9.78 Å². The molecule has 4 rings (SSSR count). The second-order valence-corrected chi connectivity index (χ2v) is 7.93. The molecule has 1 amide bonds. The Morgan fingerprint density at radius 1 is 1.26 bits per heavy atom. The van der Waals surface area contributed by atoms with Crippen molar-refractivity contribution < 1.29 is 14.4 Å². The Hall–Kier alpha value is -3.03. The van der Waals surface area contributed by atoms with Gasteiger partial charge in [-0.15, -0.1) is 0 Å². The van der Waals surface area contributed by atoms with E-state index in [9.17, 15) is 4.79 Å². The number of aryl methyl sites for hydroxylation is 1. The number of nitrogens with zero attached hydrogens (tertiary/aromatic N) is 3. The third-order valence-electron chi connectivity index (χ3n) is 4.95. The SMILES string of the molecule is COc1ccccc1C1=NOC(C(=O)Nc2cc(C)n(Cc3ccc(Cl)cc3Cl)n2)C1. The summed E-state index contributed by atoms with van der Waals surface area (Å²) in [7, 11) is 1.59. The van der Waals surface area contributed by atoms with Crippen molar-refractivity contribution in [3.63, 3.8) is 0 Å². The van der Waals surface area contributed by atoms with Crippen molar-refractivity contribution in [1.29, 1.82) is 0 Å². The highest BCUT2D eigenvalue weighted by atomic mass is 35.5. The molecule has 0 spiro atoms. The molecule has 2 aromatic carbocycles. The molecular weight excluding hydrogens is 439 g/mol. The van der Waals surface area contributed by atoms with E-state index in [1.807, 2.05) is 37.3 Å². The van der Waals surface area contributed by atoms with Crippen LogP contribution in [0.4, 0.5) is 5.82 Å². The molecule has 1 aliphatic heterocycles. The van der Waals surface area contributed by atoms with E-state index in [1.165, 1.54) is 0 Å². The summed E-state index contributed by atoms with van der Waals surface area (Å²) in [6, 6.07) is 14.6. The Balaban J connectivity index is 1.41. The summed E-state index contributed by atoms with van der Waals surface area (Å²) in [6.07, 6.45) is -0.400. The Bertz CT molecular complexity index is 1160. The molecule has 160 valence electrons. The molecule has 0 fully saturated rings. The van der Waals surface area contributed by atoms with Crippen LogP contribution >= 0.6 is 23.2 Å². The molecule has 1 unspecified atom stereocenters. The Kier molecular flexibility index (Phi) is 6.15. The van der Waals surface area contributed by atoms with Gasteiger partial charge >= 0.3 is 0 Å². The molecule has 1 atom stereocenters. The fourth-order valence-corrected chi connectivity index (χ4v) is 3.78. The van der Waals surface area contributed by atoms with Gasteiger partial charge in [0.15, 0.2) is 5.82 Å². The van der Waals surface area contributed by atoms with Crippen LogP contribution in [0.25, 0.3) is 0 Å². The van der Waals surface area contributed by atoms with Crippen molar-refractivity contribution in [2.45, 2.75) is 26.0 Å². The third kappa shape index (κ3) is 4.68. The number of aromatic nitrogens is 2. The van der Waals surface area contributed by atoms with Crippen molar-refractivity contribution in [3.05, 3.63) is 75.4 Å². The second kappa shape index (κ2) is 8.99. The maximum Gasteiger partial charge on any atom is 0.269 e. The van der Waals surface area contributed by atoms with Gasteiger partial charge in [-0.05, 0) is 36.8 Å². The zero-order valence-corrected chi connectivity index (χ0v) is 18.4. The van der Waals surface area contributed by atoms with Crippen LogP contribution in [0.1, 0.15) is 23.2 Å². The van der Waals surface area contributed by atoms with Crippen molar-refractivity contribution in [3.8, 4) is 5.75 Å². The predicted molar refractivity (Wildman–Crippen MR) is 120 cm³/mol. The summed E-state index contributed by atoms with van der Waals surface area (Å²) >= 11 is 12.2. The Morgan fingerprint density at radius 3 is 2.84 bits per heavy atom. The van der Waals surface area contributed by atoms with Gasteiger partial charge in [0.25, 0.3) is 5.91 Å². The number of carbonyl (C=O) groups excluding carboxylic acids is 1. The maximum absolute atomic E-state index is 12.7. The maximum atomic E-state index is 12.7. The Morgan fingerprint density at radius 2 is 2.06 bits per heavy atom. The number of methoxy groups -OCH3 is 1. The topological polar surface area (TPSA) is 77.7 Å². The van der Waals surface area contributed by atoms with Gasteiger partial charge in [-0.3, -0.25) is 9.48 Å². The lowest BCUT2D eigenvalue weighted by Gasteiger charge is -2.09. The number of carbonyl (C=O) groups is 1. The lowest BCUT2D eigenvalue weighted by Crippen LogP contribution is -2.28. The second-order valence-electron chi connectivity index (χ2n) is 7.09. The molecule has 0 radical (unpaired) electrons. The molecular formula is C22H20Cl2N4O3. The number of rotatable bonds is 6. The summed E-state index contributed by atoms with van der Waals surface area (Å²) in [5, 5.41) is 12.5. The molecule has 1 aromatic heterocycles. The van der Waals surface area contributed by atoms with Gasteiger partial charge in [0, 0.05) is 33.8 Å². The lowest BCUT2D eigenvalue weighted by molar-refractivity contribution is -0.125. The van der Waals surface area contributed by atoms with E-state index < -0.39 is 6.10 Å². The molecule has 1 N–H and O–H groups in total. The van der Waals surface area contributed by atoms with E-state index in [2.05, 4.69) is 15.6 Å². The van der Waals surface area contributed by atoms with Crippen molar-refractivity contribution >= 4 is 40.6 Å². The number of halogens is 2. The van der Waals surface area contributed by atoms with E-state index in [0.29, 0.717) is 40.3 Å². The lowest BCUT2D eigenvalue weighted by atomic mass is 10.0. The molecule has 0 saturated carbocycles. The highest BCUT2D eigenvalue weighted by Crippen LogP contribution is 2.26. The number of amides is 1. The average molecular weight is 459 g/mol. The zero-order valence-electron chi connectivity index (χ0n) is 16.9. The number of benzene rings is 2. The molecule has 7 nitrogen and oxygen atoms in total. The van der Waals surface area contributed by atoms with Crippen LogP contribution < -0.4 is 10.1 Å². The molecule has 0 saturated heterocycles. The van der Waals surface area contributed by atoms with Gasteiger partial charge in [-0.1, -0.05) is 46.6 Å². The quantitative estimate of drug-likeness (QED) is 0.581. The van der Waals surface area contributed by atoms with Crippen molar-refractivity contribution in [2.24, 2.45) is 5.16 Å². The molecule has 0 bridgehead atoms. The van der Waals surface area contributed by atoms with E-state index in [0.717, 1.165) is 16.8 Å². The predicted octanol–water partition coefficient (Wildman–Crippen LogP) is 4.69. The third-order valence-corrected chi connectivity index (χ3v) is 5.53. The molecule has 0 aliphatic carbocycles. The minimum Gasteiger partial charge on any atom is -0.496 e. The molecule has 31 heavy (non-hydrogen) atoms. The number of para-hydroxylation sites is 1. The number of ether oxygens (including phenoxy) is 1. The van der Waals surface area contributed by atoms with Crippen LogP contribution in [-0.4, -0.2) is 34.6 Å². The highest BCUT2D eigenvalue weighted by Gasteiger charge is 2.30. The minimum atomic E-state index is -0.740. The van der Waals surface area contributed by atoms with E-state index in [4.69, 9.17) is 32.8 Å². The summed E-state index contributed by atoms with van der Waals surface area (Å²) in [5.74, 6) is 0.797. The van der Waals surface area contributed by atoms with Crippen LogP contribution in [0.15, 0.2) is 53.7 Å². The van der Waals surface area contributed by atoms with Gasteiger partial charge in [-0.25, -0.2) is 0 Å². The number of hydrogen-bond acceptors (Lipinski definition) is 5. The first kappa shape index (κ1) is 21.2. The van der Waals surface area contributed by atoms with Gasteiger partial charge in [0.1, 0.15) is 5.75 Å². The zero-order chi connectivity index (χ0) is 22.0.